The van der Waals surface area contributed by atoms with E-state index in [-0.39, 0.29) is 0 Å². The first-order valence-corrected chi connectivity index (χ1v) is 26.5. The van der Waals surface area contributed by atoms with E-state index in [2.05, 4.69) is 237 Å². The maximum absolute atomic E-state index is 6.13. The Bertz CT molecular complexity index is 4550. The molecule has 0 aliphatic carbocycles. The summed E-state index contributed by atoms with van der Waals surface area (Å²) in [4.78, 5) is 9.40. The topological polar surface area (TPSA) is 52.1 Å². The van der Waals surface area contributed by atoms with Crippen molar-refractivity contribution in [3.05, 3.63) is 278 Å². The summed E-state index contributed by atoms with van der Waals surface area (Å²) in [7, 11) is 0. The van der Waals surface area contributed by atoms with Gasteiger partial charge in [-0.05, 0) is 166 Å². The van der Waals surface area contributed by atoms with Crippen LogP contribution < -0.4 is 0 Å². The van der Waals surface area contributed by atoms with Gasteiger partial charge in [0.2, 0.25) is 11.8 Å². The van der Waals surface area contributed by atoms with E-state index in [0.29, 0.717) is 11.8 Å². The van der Waals surface area contributed by atoms with Crippen LogP contribution in [-0.4, -0.2) is 9.97 Å². The third-order valence-electron chi connectivity index (χ3n) is 15.3. The predicted molar refractivity (Wildman–Crippen MR) is 326 cm³/mol. The van der Waals surface area contributed by atoms with E-state index in [0.717, 1.165) is 44.5 Å². The molecule has 15 aromatic rings. The number of hydrogen-bond acceptors (Lipinski definition) is 4. The van der Waals surface area contributed by atoms with E-state index in [4.69, 9.17) is 13.8 Å². The van der Waals surface area contributed by atoms with Gasteiger partial charge in [0.15, 0.2) is 11.2 Å². The van der Waals surface area contributed by atoms with Crippen LogP contribution >= 0.6 is 0 Å². The van der Waals surface area contributed by atoms with Crippen LogP contribution in [0.3, 0.4) is 0 Å². The highest BCUT2D eigenvalue weighted by Crippen LogP contribution is 2.47. The van der Waals surface area contributed by atoms with Crippen molar-refractivity contribution in [2.24, 2.45) is 0 Å². The van der Waals surface area contributed by atoms with Gasteiger partial charge >= 0.3 is 0 Å². The number of aromatic nitrogens is 2. The normalized spacial score (nSPS) is 11.5. The van der Waals surface area contributed by atoms with Gasteiger partial charge in [-0.25, -0.2) is 9.97 Å². The summed E-state index contributed by atoms with van der Waals surface area (Å²) in [5, 5.41) is 10.1. The van der Waals surface area contributed by atoms with Gasteiger partial charge in [-0.15, -0.1) is 0 Å². The van der Waals surface area contributed by atoms with Gasteiger partial charge in [0, 0.05) is 11.1 Å². The van der Waals surface area contributed by atoms with E-state index >= 15 is 0 Å². The number of nitrogens with zero attached hydrogens (tertiary/aromatic N) is 2. The molecule has 2 heterocycles. The molecule has 0 N–H and O–H groups in total. The maximum atomic E-state index is 6.13. The lowest BCUT2D eigenvalue weighted by molar-refractivity contribution is 0.619. The Morgan fingerprint density at radius 2 is 0.538 bits per heavy atom. The second-order valence-corrected chi connectivity index (χ2v) is 20.0. The standard InChI is InChI=1S/C39H25NO.C35H25NO/c1-2-10-28(11-3-1)37-31-12-4-6-14-33(31)38(34-15-7-5-13-32(34)37)29-22-18-26(19-23-29)27-20-24-30(25-21-27)39-40-35-16-8-9-17-36(35)41-39;1-22-21-30(35-36-31-18-10-11-19-32(31)37-35)23(2)20-29(22)34-27-16-8-6-14-25(27)33(24-12-4-3-5-13-24)26-15-7-9-17-28(26)34/h1-25H;3-21H,1-2H3. The van der Waals surface area contributed by atoms with Crippen LogP contribution in [0.4, 0.5) is 0 Å². The minimum absolute atomic E-state index is 0.644. The van der Waals surface area contributed by atoms with E-state index in [1.807, 2.05) is 48.5 Å². The number of fused-ring (bicyclic) bond motifs is 6. The smallest absolute Gasteiger partial charge is 0.227 e. The molecule has 4 nitrogen and oxygen atoms in total. The monoisotopic (exact) mass is 998 g/mol. The van der Waals surface area contributed by atoms with E-state index in [1.165, 1.54) is 98.7 Å². The van der Waals surface area contributed by atoms with Gasteiger partial charge in [0.1, 0.15) is 11.0 Å². The highest BCUT2D eigenvalue weighted by molar-refractivity contribution is 6.23. The van der Waals surface area contributed by atoms with Gasteiger partial charge in [-0.1, -0.05) is 224 Å². The van der Waals surface area contributed by atoms with Gasteiger partial charge in [0.05, 0.1) is 0 Å². The van der Waals surface area contributed by atoms with Crippen LogP contribution in [0.5, 0.6) is 0 Å². The molecule has 0 aliphatic heterocycles. The van der Waals surface area contributed by atoms with Crippen molar-refractivity contribution in [3.63, 3.8) is 0 Å². The minimum Gasteiger partial charge on any atom is -0.436 e. The molecule has 0 radical (unpaired) electrons. The minimum atomic E-state index is 0.644. The number of rotatable bonds is 7. The van der Waals surface area contributed by atoms with Crippen molar-refractivity contribution in [3.8, 4) is 78.5 Å². The van der Waals surface area contributed by atoms with Crippen LogP contribution in [0.25, 0.3) is 144 Å². The van der Waals surface area contributed by atoms with Gasteiger partial charge in [-0.3, -0.25) is 0 Å². The third-order valence-corrected chi connectivity index (χ3v) is 15.3. The summed E-state index contributed by atoms with van der Waals surface area (Å²) in [6, 6.07) is 94.3. The van der Waals surface area contributed by atoms with Crippen LogP contribution in [-0.2, 0) is 0 Å². The molecule has 78 heavy (non-hydrogen) atoms. The quantitative estimate of drug-likeness (QED) is 0.149. The fraction of sp³-hybridized carbons (Fsp3) is 0.0270. The highest BCUT2D eigenvalue weighted by Gasteiger charge is 2.21. The fourth-order valence-corrected chi connectivity index (χ4v) is 11.6. The zero-order valence-corrected chi connectivity index (χ0v) is 43.1. The molecule has 0 fully saturated rings. The summed E-state index contributed by atoms with van der Waals surface area (Å²) in [6.07, 6.45) is 0. The number of benzene rings is 13. The van der Waals surface area contributed by atoms with Crippen LogP contribution in [0.15, 0.2) is 276 Å². The zero-order chi connectivity index (χ0) is 52.1. The van der Waals surface area contributed by atoms with Crippen LogP contribution in [0.2, 0.25) is 0 Å². The lowest BCUT2D eigenvalue weighted by Crippen LogP contribution is -1.94. The molecule has 0 saturated carbocycles. The van der Waals surface area contributed by atoms with E-state index in [1.54, 1.807) is 0 Å². The van der Waals surface area contributed by atoms with Crippen LogP contribution in [0, 0.1) is 13.8 Å². The second-order valence-electron chi connectivity index (χ2n) is 20.0. The van der Waals surface area contributed by atoms with Crippen LogP contribution in [0.1, 0.15) is 11.1 Å². The number of para-hydroxylation sites is 4. The summed E-state index contributed by atoms with van der Waals surface area (Å²) in [6.45, 7) is 4.34. The first-order chi connectivity index (χ1) is 38.5. The van der Waals surface area contributed by atoms with Gasteiger partial charge in [0.25, 0.3) is 0 Å². The Labute approximate surface area is 452 Å². The van der Waals surface area contributed by atoms with Gasteiger partial charge < -0.3 is 8.83 Å². The van der Waals surface area contributed by atoms with E-state index in [9.17, 15) is 0 Å². The molecular formula is C74H50N2O2. The molecule has 0 amide bonds. The van der Waals surface area contributed by atoms with Crippen molar-refractivity contribution in [1.29, 1.82) is 0 Å². The molecule has 0 atom stereocenters. The van der Waals surface area contributed by atoms with Crippen molar-refractivity contribution < 1.29 is 8.83 Å². The molecule has 0 aliphatic rings. The Morgan fingerprint density at radius 3 is 0.962 bits per heavy atom. The first-order valence-electron chi connectivity index (χ1n) is 26.5. The SMILES string of the molecule is Cc1cc(-c2c3ccccc3c(-c3ccccc3)c3ccccc23)c(C)cc1-c1nc2ccccc2o1.c1ccc(-c2c3ccccc3c(-c3ccc(-c4ccc(-c5nc6ccccc6o5)cc4)cc3)c3ccccc23)cc1. The largest absolute Gasteiger partial charge is 0.436 e. The Kier molecular flexibility index (Phi) is 11.6. The average molecular weight is 999 g/mol. The molecule has 15 rings (SSSR count). The number of aryl methyl sites for hydroxylation is 2. The Hall–Kier alpha value is -10.2. The molecule has 0 spiro atoms. The molecule has 4 heteroatoms. The van der Waals surface area contributed by atoms with Crippen molar-refractivity contribution in [2.75, 3.05) is 0 Å². The molecule has 0 unspecified atom stereocenters. The fourth-order valence-electron chi connectivity index (χ4n) is 11.6. The van der Waals surface area contributed by atoms with Crippen molar-refractivity contribution >= 4 is 65.3 Å². The first kappa shape index (κ1) is 46.4. The van der Waals surface area contributed by atoms with Crippen molar-refractivity contribution in [1.82, 2.24) is 9.97 Å². The summed E-state index contributed by atoms with van der Waals surface area (Å²) in [5.41, 5.74) is 20.1. The predicted octanol–water partition coefficient (Wildman–Crippen LogP) is 20.6. The Morgan fingerprint density at radius 1 is 0.244 bits per heavy atom. The zero-order valence-electron chi connectivity index (χ0n) is 43.1. The lowest BCUT2D eigenvalue weighted by Gasteiger charge is -2.19. The highest BCUT2D eigenvalue weighted by atomic mass is 16.4. The number of hydrogen-bond donors (Lipinski definition) is 0. The lowest BCUT2D eigenvalue weighted by atomic mass is 9.84. The molecule has 0 bridgehead atoms. The van der Waals surface area contributed by atoms with Crippen molar-refractivity contribution in [2.45, 2.75) is 13.8 Å². The maximum Gasteiger partial charge on any atom is 0.227 e. The molecular weight excluding hydrogens is 949 g/mol. The van der Waals surface area contributed by atoms with Gasteiger partial charge in [-0.2, -0.15) is 0 Å². The number of oxazole rings is 2. The second kappa shape index (κ2) is 19.5. The summed E-state index contributed by atoms with van der Waals surface area (Å²) >= 11 is 0. The molecule has 2 aromatic heterocycles. The van der Waals surface area contributed by atoms with E-state index < -0.39 is 0 Å². The third kappa shape index (κ3) is 8.19. The molecule has 368 valence electrons. The Balaban J connectivity index is 0.000000142. The summed E-state index contributed by atoms with van der Waals surface area (Å²) in [5.74, 6) is 1.31. The molecule has 0 saturated heterocycles. The summed E-state index contributed by atoms with van der Waals surface area (Å²) < 4.78 is 12.1. The molecule has 13 aromatic carbocycles. The average Bonchev–Trinajstić information content (AvgIpc) is 4.15.